The second-order valence-electron chi connectivity index (χ2n) is 6.51. The lowest BCUT2D eigenvalue weighted by atomic mass is 9.79. The van der Waals surface area contributed by atoms with Crippen LogP contribution in [0, 0.1) is 18.8 Å². The Morgan fingerprint density at radius 1 is 1.25 bits per heavy atom. The molecule has 5 nitrogen and oxygen atoms in total. The summed E-state index contributed by atoms with van der Waals surface area (Å²) in [6.07, 6.45) is 4.67. The molecule has 132 valence electrons. The third-order valence-corrected chi connectivity index (χ3v) is 4.69. The molecule has 1 fully saturated rings. The summed E-state index contributed by atoms with van der Waals surface area (Å²) < 4.78 is 5.67. The standard InChI is InChI=1S/C19H27NO4/c1-14-7-2-5-10-17(14)24-12-6-11-18(21)20-13-15-8-3-4-9-16(15)19(22)23/h2,5,7,10,15-16H,3-4,6,8-9,11-13H2,1H3,(H,20,21)(H,22,23)/t15-,16-/m0/s1. The topological polar surface area (TPSA) is 75.6 Å². The van der Waals surface area contributed by atoms with Gasteiger partial charge in [0.05, 0.1) is 12.5 Å². The molecule has 0 saturated heterocycles. The predicted octanol–water partition coefficient (Wildman–Crippen LogP) is 3.16. The van der Waals surface area contributed by atoms with E-state index in [1.165, 1.54) is 0 Å². The molecule has 2 N–H and O–H groups in total. The molecule has 0 radical (unpaired) electrons. The second-order valence-corrected chi connectivity index (χ2v) is 6.51. The van der Waals surface area contributed by atoms with Crippen molar-refractivity contribution in [2.24, 2.45) is 11.8 Å². The van der Waals surface area contributed by atoms with Gasteiger partial charge in [0.2, 0.25) is 5.91 Å². The van der Waals surface area contributed by atoms with Crippen LogP contribution in [0.4, 0.5) is 0 Å². The van der Waals surface area contributed by atoms with Gasteiger partial charge in [-0.15, -0.1) is 0 Å². The van der Waals surface area contributed by atoms with Crippen LogP contribution in [0.15, 0.2) is 24.3 Å². The Morgan fingerprint density at radius 2 is 2.00 bits per heavy atom. The van der Waals surface area contributed by atoms with Crippen LogP contribution in [0.3, 0.4) is 0 Å². The largest absolute Gasteiger partial charge is 0.493 e. The van der Waals surface area contributed by atoms with E-state index in [0.717, 1.165) is 37.0 Å². The highest BCUT2D eigenvalue weighted by Gasteiger charge is 2.30. The molecule has 1 aliphatic rings. The zero-order valence-electron chi connectivity index (χ0n) is 14.3. The van der Waals surface area contributed by atoms with Crippen LogP contribution in [-0.4, -0.2) is 30.1 Å². The molecule has 2 atom stereocenters. The average molecular weight is 333 g/mol. The Balaban J connectivity index is 1.64. The van der Waals surface area contributed by atoms with E-state index in [1.807, 2.05) is 31.2 Å². The first-order valence-electron chi connectivity index (χ1n) is 8.76. The minimum Gasteiger partial charge on any atom is -0.493 e. The Kier molecular flexibility index (Phi) is 7.09. The summed E-state index contributed by atoms with van der Waals surface area (Å²) in [5.41, 5.74) is 1.08. The third kappa shape index (κ3) is 5.55. The fourth-order valence-electron chi connectivity index (χ4n) is 3.24. The molecule has 2 rings (SSSR count). The minimum absolute atomic E-state index is 0.0295. The van der Waals surface area contributed by atoms with E-state index >= 15 is 0 Å². The van der Waals surface area contributed by atoms with E-state index in [0.29, 0.717) is 26.0 Å². The number of para-hydroxylation sites is 1. The highest BCUT2D eigenvalue weighted by atomic mass is 16.5. The molecule has 1 aromatic carbocycles. The Bertz CT molecular complexity index is 558. The van der Waals surface area contributed by atoms with Crippen LogP contribution in [0.25, 0.3) is 0 Å². The molecular formula is C19H27NO4. The number of rotatable bonds is 8. The van der Waals surface area contributed by atoms with E-state index in [4.69, 9.17) is 4.74 Å². The van der Waals surface area contributed by atoms with Gasteiger partial charge in [-0.05, 0) is 43.7 Å². The van der Waals surface area contributed by atoms with Gasteiger partial charge in [0.15, 0.2) is 0 Å². The highest BCUT2D eigenvalue weighted by Crippen LogP contribution is 2.29. The van der Waals surface area contributed by atoms with E-state index in [-0.39, 0.29) is 17.7 Å². The molecule has 1 aliphatic carbocycles. The summed E-state index contributed by atoms with van der Waals surface area (Å²) >= 11 is 0. The number of carboxylic acid groups (broad SMARTS) is 1. The maximum Gasteiger partial charge on any atom is 0.306 e. The maximum atomic E-state index is 11.9. The number of carbonyl (C=O) groups is 2. The van der Waals surface area contributed by atoms with E-state index in [9.17, 15) is 14.7 Å². The summed E-state index contributed by atoms with van der Waals surface area (Å²) in [5.74, 6) is -0.171. The average Bonchev–Trinajstić information content (AvgIpc) is 2.58. The van der Waals surface area contributed by atoms with Crippen LogP contribution < -0.4 is 10.1 Å². The van der Waals surface area contributed by atoms with Crippen molar-refractivity contribution in [3.05, 3.63) is 29.8 Å². The number of ether oxygens (including phenoxy) is 1. The molecule has 5 heteroatoms. The van der Waals surface area contributed by atoms with Gasteiger partial charge in [-0.3, -0.25) is 9.59 Å². The Labute approximate surface area is 143 Å². The Hall–Kier alpha value is -2.04. The van der Waals surface area contributed by atoms with Crippen LogP contribution in [0.5, 0.6) is 5.75 Å². The van der Waals surface area contributed by atoms with Gasteiger partial charge in [-0.2, -0.15) is 0 Å². The summed E-state index contributed by atoms with van der Waals surface area (Å²) in [6, 6.07) is 7.80. The summed E-state index contributed by atoms with van der Waals surface area (Å²) in [4.78, 5) is 23.2. The SMILES string of the molecule is Cc1ccccc1OCCCC(=O)NC[C@@H]1CCCC[C@@H]1C(=O)O. The predicted molar refractivity (Wildman–Crippen MR) is 92.0 cm³/mol. The molecule has 0 spiro atoms. The third-order valence-electron chi connectivity index (χ3n) is 4.69. The molecule has 1 aromatic rings. The van der Waals surface area contributed by atoms with Gasteiger partial charge >= 0.3 is 5.97 Å². The van der Waals surface area contributed by atoms with Crippen molar-refractivity contribution in [1.82, 2.24) is 5.32 Å². The van der Waals surface area contributed by atoms with Crippen molar-refractivity contribution in [2.75, 3.05) is 13.2 Å². The van der Waals surface area contributed by atoms with Crippen LogP contribution >= 0.6 is 0 Å². The molecule has 0 heterocycles. The molecule has 0 aromatic heterocycles. The van der Waals surface area contributed by atoms with Crippen molar-refractivity contribution < 1.29 is 19.4 Å². The molecule has 0 unspecified atom stereocenters. The second kappa shape index (κ2) is 9.30. The van der Waals surface area contributed by atoms with Crippen molar-refractivity contribution in [3.8, 4) is 5.75 Å². The van der Waals surface area contributed by atoms with Crippen molar-refractivity contribution >= 4 is 11.9 Å². The molecule has 24 heavy (non-hydrogen) atoms. The fourth-order valence-corrected chi connectivity index (χ4v) is 3.24. The number of hydrogen-bond acceptors (Lipinski definition) is 3. The number of hydrogen-bond donors (Lipinski definition) is 2. The van der Waals surface area contributed by atoms with Crippen molar-refractivity contribution in [1.29, 1.82) is 0 Å². The van der Waals surface area contributed by atoms with Crippen LogP contribution in [0.2, 0.25) is 0 Å². The van der Waals surface area contributed by atoms with Gasteiger partial charge < -0.3 is 15.2 Å². The summed E-state index contributed by atoms with van der Waals surface area (Å²) in [5, 5.41) is 12.1. The summed E-state index contributed by atoms with van der Waals surface area (Å²) in [7, 11) is 0. The van der Waals surface area contributed by atoms with Gasteiger partial charge in [-0.25, -0.2) is 0 Å². The first-order valence-corrected chi connectivity index (χ1v) is 8.76. The van der Waals surface area contributed by atoms with Crippen molar-refractivity contribution in [2.45, 2.75) is 45.4 Å². The van der Waals surface area contributed by atoms with E-state index in [1.54, 1.807) is 0 Å². The smallest absolute Gasteiger partial charge is 0.306 e. The summed E-state index contributed by atoms with van der Waals surface area (Å²) in [6.45, 7) is 2.96. The van der Waals surface area contributed by atoms with Crippen LogP contribution in [0.1, 0.15) is 44.1 Å². The quantitative estimate of drug-likeness (QED) is 0.717. The number of benzene rings is 1. The molecular weight excluding hydrogens is 306 g/mol. The van der Waals surface area contributed by atoms with Crippen LogP contribution in [-0.2, 0) is 9.59 Å². The lowest BCUT2D eigenvalue weighted by Crippen LogP contribution is -2.37. The fraction of sp³-hybridized carbons (Fsp3) is 0.579. The van der Waals surface area contributed by atoms with Gasteiger partial charge in [0, 0.05) is 13.0 Å². The van der Waals surface area contributed by atoms with Gasteiger partial charge in [-0.1, -0.05) is 31.0 Å². The number of aryl methyl sites for hydroxylation is 1. The molecule has 1 saturated carbocycles. The molecule has 0 aliphatic heterocycles. The number of carboxylic acids is 1. The Morgan fingerprint density at radius 3 is 2.75 bits per heavy atom. The minimum atomic E-state index is -0.736. The van der Waals surface area contributed by atoms with Gasteiger partial charge in [0.1, 0.15) is 5.75 Å². The number of amides is 1. The number of carbonyl (C=O) groups excluding carboxylic acids is 1. The highest BCUT2D eigenvalue weighted by molar-refractivity contribution is 5.76. The van der Waals surface area contributed by atoms with Gasteiger partial charge in [0.25, 0.3) is 0 Å². The van der Waals surface area contributed by atoms with E-state index in [2.05, 4.69) is 5.32 Å². The number of aliphatic carboxylic acids is 1. The molecule has 0 bridgehead atoms. The van der Waals surface area contributed by atoms with E-state index < -0.39 is 5.97 Å². The maximum absolute atomic E-state index is 11.9. The first kappa shape index (κ1) is 18.3. The number of nitrogens with one attached hydrogen (secondary N) is 1. The zero-order valence-corrected chi connectivity index (χ0v) is 14.3. The van der Waals surface area contributed by atoms with Crippen molar-refractivity contribution in [3.63, 3.8) is 0 Å². The lowest BCUT2D eigenvalue weighted by molar-refractivity contribution is -0.145. The zero-order chi connectivity index (χ0) is 17.4. The monoisotopic (exact) mass is 333 g/mol. The molecule has 1 amide bonds. The normalized spacial score (nSPS) is 20.4. The lowest BCUT2D eigenvalue weighted by Gasteiger charge is -2.28. The first-order chi connectivity index (χ1) is 11.6.